The zero-order valence-corrected chi connectivity index (χ0v) is 26.1. The van der Waals surface area contributed by atoms with Gasteiger partial charge in [0.25, 0.3) is 5.91 Å². The van der Waals surface area contributed by atoms with Crippen molar-refractivity contribution >= 4 is 38.8 Å². The van der Waals surface area contributed by atoms with E-state index in [1.807, 2.05) is 36.4 Å². The minimum Gasteiger partial charge on any atom is -0.347 e. The molecule has 0 spiro atoms. The van der Waals surface area contributed by atoms with Crippen LogP contribution in [0.25, 0.3) is 21.2 Å². The Morgan fingerprint density at radius 1 is 0.953 bits per heavy atom. The van der Waals surface area contributed by atoms with Crippen LogP contribution in [0.15, 0.2) is 36.4 Å². The summed E-state index contributed by atoms with van der Waals surface area (Å²) in [4.78, 5) is 20.9. The van der Waals surface area contributed by atoms with E-state index in [2.05, 4.69) is 5.32 Å². The average Bonchev–Trinajstić information content (AvgIpc) is 3.42. The third-order valence-electron chi connectivity index (χ3n) is 9.45. The number of likely N-dealkylation sites (tertiary alicyclic amines) is 1. The number of thiazole rings is 1. The van der Waals surface area contributed by atoms with Gasteiger partial charge >= 0.3 is 6.18 Å². The molecule has 232 valence electrons. The number of nitrogens with one attached hydrogen (secondary N) is 1. The SMILES string of the molecule is O=C(NC1CCS(=O)CC1)c1nc(CC2CCCCC2)c(-c2ccc(CN3CCCCC3C(F)(F)F)c3ccccc23)s1. The molecule has 1 amide bonds. The van der Waals surface area contributed by atoms with E-state index >= 15 is 0 Å². The fraction of sp³-hybridized carbons (Fsp3) is 0.576. The van der Waals surface area contributed by atoms with Gasteiger partial charge in [0.05, 0.1) is 10.6 Å². The minimum atomic E-state index is -4.24. The van der Waals surface area contributed by atoms with Gasteiger partial charge in [-0.1, -0.05) is 74.9 Å². The summed E-state index contributed by atoms with van der Waals surface area (Å²) >= 11 is 1.42. The normalized spacial score (nSPS) is 24.3. The summed E-state index contributed by atoms with van der Waals surface area (Å²) in [5.74, 6) is 1.58. The van der Waals surface area contributed by atoms with Crippen LogP contribution in [0.1, 0.15) is 85.3 Å². The van der Waals surface area contributed by atoms with Crippen molar-refractivity contribution in [3.8, 4) is 10.4 Å². The molecule has 2 aliphatic heterocycles. The van der Waals surface area contributed by atoms with Gasteiger partial charge in [0.2, 0.25) is 0 Å². The lowest BCUT2D eigenvalue weighted by Gasteiger charge is -2.37. The van der Waals surface area contributed by atoms with Crippen LogP contribution < -0.4 is 5.32 Å². The van der Waals surface area contributed by atoms with Crippen LogP contribution >= 0.6 is 11.3 Å². The molecule has 1 saturated carbocycles. The van der Waals surface area contributed by atoms with Crippen LogP contribution in [0, 0.1) is 5.92 Å². The molecule has 1 unspecified atom stereocenters. The van der Waals surface area contributed by atoms with Crippen LogP contribution in [0.5, 0.6) is 0 Å². The van der Waals surface area contributed by atoms with E-state index in [9.17, 15) is 22.2 Å². The first-order valence-corrected chi connectivity index (χ1v) is 18.0. The molecule has 3 aromatic rings. The van der Waals surface area contributed by atoms with Crippen molar-refractivity contribution in [1.82, 2.24) is 15.2 Å². The van der Waals surface area contributed by atoms with Crippen LogP contribution in [0.3, 0.4) is 0 Å². The van der Waals surface area contributed by atoms with E-state index in [0.717, 1.165) is 58.2 Å². The van der Waals surface area contributed by atoms with Crippen molar-refractivity contribution in [3.05, 3.63) is 52.7 Å². The Morgan fingerprint density at radius 2 is 1.67 bits per heavy atom. The smallest absolute Gasteiger partial charge is 0.347 e. The third-order valence-corrected chi connectivity index (χ3v) is 12.0. The van der Waals surface area contributed by atoms with Gasteiger partial charge in [0, 0.05) is 40.5 Å². The zero-order chi connectivity index (χ0) is 30.0. The molecule has 10 heteroatoms. The molecule has 0 radical (unpaired) electrons. The van der Waals surface area contributed by atoms with E-state index in [4.69, 9.17) is 4.98 Å². The summed E-state index contributed by atoms with van der Waals surface area (Å²) < 4.78 is 53.4. The molecule has 1 N–H and O–H groups in total. The van der Waals surface area contributed by atoms with Gasteiger partial charge in [-0.2, -0.15) is 13.2 Å². The lowest BCUT2D eigenvalue weighted by molar-refractivity contribution is -0.192. The largest absolute Gasteiger partial charge is 0.404 e. The number of nitrogens with zero attached hydrogens (tertiary/aromatic N) is 2. The molecule has 3 fully saturated rings. The number of alkyl halides is 3. The minimum absolute atomic E-state index is 0.00905. The molecule has 2 aromatic carbocycles. The number of hydrogen-bond donors (Lipinski definition) is 1. The Balaban J connectivity index is 1.33. The van der Waals surface area contributed by atoms with Gasteiger partial charge in [0.15, 0.2) is 5.01 Å². The highest BCUT2D eigenvalue weighted by Gasteiger charge is 2.44. The molecular formula is C33H40F3N3O2S2. The topological polar surface area (TPSA) is 62.3 Å². The Labute approximate surface area is 258 Å². The van der Waals surface area contributed by atoms with Gasteiger partial charge in [-0.15, -0.1) is 11.3 Å². The van der Waals surface area contributed by atoms with E-state index in [1.165, 1.54) is 30.6 Å². The highest BCUT2D eigenvalue weighted by molar-refractivity contribution is 7.85. The maximum absolute atomic E-state index is 13.9. The molecule has 3 heterocycles. The van der Waals surface area contributed by atoms with Gasteiger partial charge < -0.3 is 5.32 Å². The van der Waals surface area contributed by atoms with Crippen LogP contribution in [0.4, 0.5) is 13.2 Å². The number of carbonyl (C=O) groups excluding carboxylic acids is 1. The predicted molar refractivity (Wildman–Crippen MR) is 168 cm³/mol. The van der Waals surface area contributed by atoms with E-state index in [1.54, 1.807) is 4.90 Å². The number of benzene rings is 2. The number of aromatic nitrogens is 1. The monoisotopic (exact) mass is 631 g/mol. The second-order valence-corrected chi connectivity index (χ2v) is 15.1. The Bertz CT molecular complexity index is 1460. The first-order valence-electron chi connectivity index (χ1n) is 15.7. The number of amides is 1. The van der Waals surface area contributed by atoms with Gasteiger partial charge in [-0.05, 0) is 60.9 Å². The summed E-state index contributed by atoms with van der Waals surface area (Å²) in [7, 11) is -0.797. The molecule has 1 aliphatic carbocycles. The van der Waals surface area contributed by atoms with E-state index in [0.29, 0.717) is 48.2 Å². The first-order chi connectivity index (χ1) is 20.8. The Kier molecular flexibility index (Phi) is 9.55. The Hall–Kier alpha value is -2.30. The third kappa shape index (κ3) is 7.17. The summed E-state index contributed by atoms with van der Waals surface area (Å²) in [6, 6.07) is 10.6. The van der Waals surface area contributed by atoms with Crippen LogP contribution in [-0.4, -0.2) is 56.3 Å². The van der Waals surface area contributed by atoms with Crippen molar-refractivity contribution in [3.63, 3.8) is 0 Å². The lowest BCUT2D eigenvalue weighted by atomic mass is 9.85. The maximum Gasteiger partial charge on any atom is 0.404 e. The van der Waals surface area contributed by atoms with Gasteiger partial charge in [-0.3, -0.25) is 13.9 Å². The lowest BCUT2D eigenvalue weighted by Crippen LogP contribution is -2.48. The summed E-state index contributed by atoms with van der Waals surface area (Å²) in [5.41, 5.74) is 2.82. The fourth-order valence-electron chi connectivity index (χ4n) is 7.11. The summed E-state index contributed by atoms with van der Waals surface area (Å²) in [6.45, 7) is 0.693. The number of carbonyl (C=O) groups is 1. The van der Waals surface area contributed by atoms with Crippen molar-refractivity contribution in [2.45, 2.75) is 95.4 Å². The standard InChI is InChI=1S/C33H40F3N3O2S2/c34-33(35,36)29-12-6-7-17-39(29)21-23-13-14-27(26-11-5-4-10-25(23)26)30-28(20-22-8-2-1-3-9-22)38-32(42-30)31(40)37-24-15-18-43(41)19-16-24/h4-5,10-11,13-14,22,24,29H,1-3,6-9,12,15-21H2,(H,37,40). The quantitative estimate of drug-likeness (QED) is 0.291. The molecule has 1 aromatic heterocycles. The van der Waals surface area contributed by atoms with Gasteiger partial charge in [-0.25, -0.2) is 4.98 Å². The fourth-order valence-corrected chi connectivity index (χ4v) is 9.45. The maximum atomic E-state index is 13.9. The molecule has 0 bridgehead atoms. The van der Waals surface area contributed by atoms with Crippen molar-refractivity contribution in [1.29, 1.82) is 0 Å². The van der Waals surface area contributed by atoms with Crippen LogP contribution in [0.2, 0.25) is 0 Å². The first kappa shape index (κ1) is 30.7. The predicted octanol–water partition coefficient (Wildman–Crippen LogP) is 7.64. The average molecular weight is 632 g/mol. The molecule has 6 rings (SSSR count). The molecule has 2 saturated heterocycles. The van der Waals surface area contributed by atoms with Crippen molar-refractivity contribution in [2.75, 3.05) is 18.1 Å². The molecule has 3 aliphatic rings. The number of halogens is 3. The van der Waals surface area contributed by atoms with Gasteiger partial charge in [0.1, 0.15) is 6.04 Å². The highest BCUT2D eigenvalue weighted by atomic mass is 32.2. The number of piperidine rings is 1. The summed E-state index contributed by atoms with van der Waals surface area (Å²) in [5, 5.41) is 5.51. The van der Waals surface area contributed by atoms with E-state index < -0.39 is 23.0 Å². The number of fused-ring (bicyclic) bond motifs is 1. The molecule has 5 nitrogen and oxygen atoms in total. The highest BCUT2D eigenvalue weighted by Crippen LogP contribution is 2.40. The zero-order valence-electron chi connectivity index (χ0n) is 24.5. The second-order valence-electron chi connectivity index (χ2n) is 12.4. The summed E-state index contributed by atoms with van der Waals surface area (Å²) in [6.07, 6.45) is 5.55. The van der Waals surface area contributed by atoms with E-state index in [-0.39, 0.29) is 24.9 Å². The Morgan fingerprint density at radius 3 is 2.42 bits per heavy atom. The number of hydrogen-bond acceptors (Lipinski definition) is 5. The van der Waals surface area contributed by atoms with Crippen molar-refractivity contribution < 1.29 is 22.2 Å². The van der Waals surface area contributed by atoms with Crippen LogP contribution in [-0.2, 0) is 23.8 Å². The second kappa shape index (κ2) is 13.4. The number of rotatable bonds is 7. The molecule has 43 heavy (non-hydrogen) atoms. The molecular weight excluding hydrogens is 592 g/mol. The van der Waals surface area contributed by atoms with Crippen molar-refractivity contribution in [2.24, 2.45) is 5.92 Å². The molecule has 1 atom stereocenters.